The molecule has 18 nitrogen and oxygen atoms in total. The van der Waals surface area contributed by atoms with E-state index in [9.17, 15) is 18.8 Å². The van der Waals surface area contributed by atoms with E-state index in [1.807, 2.05) is 86.2 Å². The number of rotatable bonds is 18. The van der Waals surface area contributed by atoms with Crippen molar-refractivity contribution >= 4 is 60.1 Å². The second-order valence-corrected chi connectivity index (χ2v) is 29.0. The number of alkyl carbamates (subject to hydrolysis) is 1. The number of nitrogens with two attached hydrogens (primary N) is 1. The summed E-state index contributed by atoms with van der Waals surface area (Å²) in [4.78, 5) is 52.4. The lowest BCUT2D eigenvalue weighted by molar-refractivity contribution is -0.110. The molecular weight excluding hydrogens is 1070 g/mol. The molecule has 2 fully saturated rings. The molecule has 3 amide bonds. The van der Waals surface area contributed by atoms with Crippen molar-refractivity contribution in [3.63, 3.8) is 0 Å². The number of ether oxygens (including phenoxy) is 2. The van der Waals surface area contributed by atoms with Crippen LogP contribution in [0.3, 0.4) is 0 Å². The monoisotopic (exact) mass is 1150 g/mol. The third kappa shape index (κ3) is 16.5. The zero-order valence-corrected chi connectivity index (χ0v) is 49.2. The van der Waals surface area contributed by atoms with E-state index in [1.54, 1.807) is 68.2 Å². The highest BCUT2D eigenvalue weighted by Crippen LogP contribution is 2.34. The van der Waals surface area contributed by atoms with Gasteiger partial charge in [-0.3, -0.25) is 19.0 Å². The molecule has 10 rings (SSSR count). The average molecular weight is 1150 g/mol. The molecule has 5 N–H and O–H groups in total. The van der Waals surface area contributed by atoms with Crippen LogP contribution < -0.4 is 31.5 Å². The normalized spacial score (nSPS) is 16.3. The number of aliphatic imine (C=N–C) groups is 1. The van der Waals surface area contributed by atoms with Gasteiger partial charge in [0.1, 0.15) is 29.7 Å². The number of benzene rings is 4. The van der Waals surface area contributed by atoms with E-state index in [0.29, 0.717) is 86.5 Å². The van der Waals surface area contributed by atoms with Crippen molar-refractivity contribution in [2.75, 3.05) is 53.2 Å². The number of nitrogens with one attached hydrogen (secondary N) is 3. The summed E-state index contributed by atoms with van der Waals surface area (Å²) in [6.45, 7) is 16.4. The number of nitrogens with zero attached hydrogens (tertiary/aromatic N) is 9. The Kier molecular flexibility index (Phi) is 19.1. The quantitative estimate of drug-likeness (QED) is 0.0470. The molecule has 7 aromatic rings. The summed E-state index contributed by atoms with van der Waals surface area (Å²) >= 11 is 0. The van der Waals surface area contributed by atoms with Gasteiger partial charge in [-0.15, -0.1) is 0 Å². The van der Waals surface area contributed by atoms with Crippen LogP contribution in [0.2, 0.25) is 25.7 Å². The maximum atomic E-state index is 15.5. The number of anilines is 4. The molecule has 83 heavy (non-hydrogen) atoms. The van der Waals surface area contributed by atoms with Crippen molar-refractivity contribution in [3.8, 4) is 11.3 Å². The van der Waals surface area contributed by atoms with Gasteiger partial charge in [-0.1, -0.05) is 98.5 Å². The smallest absolute Gasteiger partial charge is 0.407 e. The summed E-state index contributed by atoms with van der Waals surface area (Å²) in [5, 5.41) is 17.6. The molecule has 0 saturated carbocycles. The van der Waals surface area contributed by atoms with Gasteiger partial charge in [0.05, 0.1) is 59.6 Å². The Hall–Kier alpha value is -8.27. The number of para-hydroxylation sites is 2. The van der Waals surface area contributed by atoms with Crippen LogP contribution in [0.5, 0.6) is 0 Å². The van der Waals surface area contributed by atoms with E-state index < -0.39 is 31.5 Å². The summed E-state index contributed by atoms with van der Waals surface area (Å²) in [5.74, 6) is -1.54. The molecule has 3 aliphatic rings. The number of hydrogen-bond acceptors (Lipinski definition) is 12. The zero-order chi connectivity index (χ0) is 58.7. The molecule has 3 aliphatic heterocycles. The van der Waals surface area contributed by atoms with E-state index in [2.05, 4.69) is 62.9 Å². The van der Waals surface area contributed by atoms with E-state index >= 15 is 4.39 Å². The minimum absolute atomic E-state index is 0.00863. The molecule has 0 aliphatic carbocycles. The highest BCUT2D eigenvalue weighted by atomic mass is 28.3. The van der Waals surface area contributed by atoms with Gasteiger partial charge in [-0.2, -0.15) is 10.2 Å². The predicted octanol–water partition coefficient (Wildman–Crippen LogP) is 10.8. The lowest BCUT2D eigenvalue weighted by Crippen LogP contribution is -2.49. The molecule has 0 radical (unpaired) electrons. The fourth-order valence-corrected chi connectivity index (χ4v) is 10.8. The zero-order valence-electron chi connectivity index (χ0n) is 48.2. The molecule has 0 unspecified atom stereocenters. The van der Waals surface area contributed by atoms with Gasteiger partial charge in [0, 0.05) is 89.1 Å². The number of aromatic nitrogens is 6. The Morgan fingerprint density at radius 2 is 1.30 bits per heavy atom. The molecule has 4 aromatic carbocycles. The van der Waals surface area contributed by atoms with Crippen LogP contribution in [0.25, 0.3) is 17.0 Å². The third-order valence-corrected chi connectivity index (χ3v) is 15.9. The van der Waals surface area contributed by atoms with Gasteiger partial charge in [-0.25, -0.2) is 23.6 Å². The van der Waals surface area contributed by atoms with Crippen LogP contribution in [0.15, 0.2) is 139 Å². The number of amides is 3. The van der Waals surface area contributed by atoms with Crippen molar-refractivity contribution in [3.05, 3.63) is 168 Å². The predicted molar refractivity (Wildman–Crippen MR) is 324 cm³/mol. The molecule has 6 heterocycles. The number of carbonyl (C=O) groups is 3. The number of allylic oxidation sites excluding steroid dienone is 1. The van der Waals surface area contributed by atoms with Crippen LogP contribution in [-0.4, -0.2) is 111 Å². The summed E-state index contributed by atoms with van der Waals surface area (Å²) in [5.41, 5.74) is 12.4. The summed E-state index contributed by atoms with van der Waals surface area (Å²) in [6, 6.07) is 30.2. The fraction of sp³-hybridized carbons (Fsp3) is 0.371. The van der Waals surface area contributed by atoms with Gasteiger partial charge < -0.3 is 45.5 Å². The Bertz CT molecular complexity index is 3420. The first kappa shape index (κ1) is 59.4. The average Bonchev–Trinajstić information content (AvgIpc) is 4.33. The first-order valence-electron chi connectivity index (χ1n) is 28.3. The molecule has 2 saturated heterocycles. The third-order valence-electron chi connectivity index (χ3n) is 14.1. The SMILES string of the molecule is CC(C)(C)OC(=O)N[C@@H]1CCCN(c2c(F)cccc2NC(=O)c2nc(-c3cnn(Cc4ccccc4)c3)cn2COCC[Si](C)(C)C)C1.N[C@@H]1CCCN(c2c(F)cccc2NC(=O)C2=NC(c3cnn(Cc4ccccc4)c3)=CC2)C1. The topological polar surface area (TPSA) is 204 Å². The summed E-state index contributed by atoms with van der Waals surface area (Å²) in [6.07, 6.45) is 14.2. The van der Waals surface area contributed by atoms with Crippen LogP contribution in [0, 0.1) is 11.6 Å². The van der Waals surface area contributed by atoms with Crippen molar-refractivity contribution in [2.45, 2.75) is 116 Å². The highest BCUT2D eigenvalue weighted by Gasteiger charge is 2.30. The molecule has 2 atom stereocenters. The van der Waals surface area contributed by atoms with Crippen LogP contribution in [0.4, 0.5) is 36.3 Å². The molecule has 0 spiro atoms. The number of piperidine rings is 2. The van der Waals surface area contributed by atoms with E-state index in [-0.39, 0.29) is 42.1 Å². The maximum Gasteiger partial charge on any atom is 0.407 e. The Labute approximate surface area is 484 Å². The number of hydrogen-bond donors (Lipinski definition) is 4. The second-order valence-electron chi connectivity index (χ2n) is 23.4. The molecule has 21 heteroatoms. The first-order valence-corrected chi connectivity index (χ1v) is 32.0. The highest BCUT2D eigenvalue weighted by molar-refractivity contribution is 6.76. The van der Waals surface area contributed by atoms with Crippen molar-refractivity contribution in [2.24, 2.45) is 10.7 Å². The lowest BCUT2D eigenvalue weighted by atomic mass is 10.0. The minimum Gasteiger partial charge on any atom is -0.444 e. The van der Waals surface area contributed by atoms with Gasteiger partial charge in [0.15, 0.2) is 0 Å². The number of halogens is 2. The Balaban J connectivity index is 0.000000212. The second kappa shape index (κ2) is 26.8. The number of carbonyl (C=O) groups excluding carboxylic acids is 3. The standard InChI is InChI=1S/C36H48FN7O4Si.C26H27FN6O/c1-36(2,3)48-35(46)39-28-14-11-17-42(23-28)32-29(37)15-10-16-30(32)41-34(45)33-40-31(24-43(33)25-47-18-19-49(4,5)6)27-20-38-44(22-27)21-26-12-8-7-9-13-26;27-21-9-4-10-23(25(21)32-13-5-8-20(28)17-32)31-26(34)24-12-11-22(30-24)19-14-29-33(16-19)15-18-6-2-1-3-7-18/h7-10,12-13,15-16,20,22,24,28H,11,14,17-19,21,23,25H2,1-6H3,(H,39,46)(H,41,45);1-4,6-7,9-11,14,16,20H,5,8,12-13,15,17,28H2,(H,31,34)/t28-;20-/m11/s1. The van der Waals surface area contributed by atoms with Crippen molar-refractivity contribution in [1.29, 1.82) is 0 Å². The fourth-order valence-electron chi connectivity index (χ4n) is 10.1. The van der Waals surface area contributed by atoms with Crippen molar-refractivity contribution in [1.82, 2.24) is 34.4 Å². The van der Waals surface area contributed by atoms with Crippen LogP contribution >= 0.6 is 0 Å². The van der Waals surface area contributed by atoms with Crippen molar-refractivity contribution < 1.29 is 32.6 Å². The summed E-state index contributed by atoms with van der Waals surface area (Å²) in [7, 11) is -1.32. The molecular formula is C62H75F2N13O5Si. The number of imidazole rings is 1. The largest absolute Gasteiger partial charge is 0.444 e. The van der Waals surface area contributed by atoms with Crippen LogP contribution in [-0.2, 0) is 34.1 Å². The van der Waals surface area contributed by atoms with Crippen LogP contribution in [0.1, 0.15) is 80.2 Å². The van der Waals surface area contributed by atoms with Gasteiger partial charge >= 0.3 is 6.09 Å². The van der Waals surface area contributed by atoms with Gasteiger partial charge in [0.2, 0.25) is 5.82 Å². The van der Waals surface area contributed by atoms with Gasteiger partial charge in [-0.05, 0) is 87.9 Å². The lowest BCUT2D eigenvalue weighted by Gasteiger charge is -2.36. The van der Waals surface area contributed by atoms with E-state index in [1.165, 1.54) is 12.1 Å². The minimum atomic E-state index is -1.32. The van der Waals surface area contributed by atoms with E-state index in [0.717, 1.165) is 54.0 Å². The maximum absolute atomic E-state index is 15.5. The molecule has 436 valence electrons. The Morgan fingerprint density at radius 1 is 0.723 bits per heavy atom. The van der Waals surface area contributed by atoms with E-state index in [4.69, 9.17) is 20.2 Å². The Morgan fingerprint density at radius 3 is 1.90 bits per heavy atom. The van der Waals surface area contributed by atoms with Gasteiger partial charge in [0.25, 0.3) is 11.8 Å². The summed E-state index contributed by atoms with van der Waals surface area (Å²) < 4.78 is 47.1. The molecule has 3 aromatic heterocycles. The molecule has 0 bridgehead atoms. The first-order chi connectivity index (χ1) is 39.8.